The Balaban J connectivity index is 1.40. The third-order valence-electron chi connectivity index (χ3n) is 6.09. The fourth-order valence-electron chi connectivity index (χ4n) is 4.28. The Morgan fingerprint density at radius 3 is 2.42 bits per heavy atom. The minimum atomic E-state index is 0.0436. The van der Waals surface area contributed by atoms with Crippen LogP contribution in [0.1, 0.15) is 73.3 Å². The summed E-state index contributed by atoms with van der Waals surface area (Å²) < 4.78 is 2.24. The molecule has 1 heterocycles. The maximum atomic E-state index is 12.6. The Kier molecular flexibility index (Phi) is 8.21. The van der Waals surface area contributed by atoms with Crippen LogP contribution in [0.25, 0.3) is 0 Å². The van der Waals surface area contributed by atoms with E-state index >= 15 is 0 Å². The van der Waals surface area contributed by atoms with E-state index in [0.717, 1.165) is 48.1 Å². The molecule has 5 nitrogen and oxygen atoms in total. The van der Waals surface area contributed by atoms with Crippen molar-refractivity contribution >= 4 is 17.7 Å². The minimum Gasteiger partial charge on any atom is -0.349 e. The third kappa shape index (κ3) is 6.70. The Morgan fingerprint density at radius 1 is 1.00 bits per heavy atom. The first-order valence-corrected chi connectivity index (χ1v) is 13.1. The molecule has 174 valence electrons. The third-order valence-corrected chi connectivity index (χ3v) is 7.13. The van der Waals surface area contributed by atoms with Gasteiger partial charge in [-0.25, -0.2) is 0 Å². The number of amides is 1. The van der Waals surface area contributed by atoms with Gasteiger partial charge in [0.1, 0.15) is 5.82 Å². The predicted molar refractivity (Wildman–Crippen MR) is 134 cm³/mol. The molecule has 1 aliphatic rings. The summed E-state index contributed by atoms with van der Waals surface area (Å²) in [7, 11) is 0. The van der Waals surface area contributed by atoms with Crippen LogP contribution in [0.3, 0.4) is 0 Å². The number of nitrogens with zero attached hydrogens (tertiary/aromatic N) is 3. The van der Waals surface area contributed by atoms with E-state index in [2.05, 4.69) is 70.3 Å². The number of carbonyl (C=O) groups is 1. The number of hydrogen-bond donors (Lipinski definition) is 1. The molecule has 4 rings (SSSR count). The highest BCUT2D eigenvalue weighted by molar-refractivity contribution is 7.98. The van der Waals surface area contributed by atoms with Crippen LogP contribution in [0.4, 0.5) is 0 Å². The lowest BCUT2D eigenvalue weighted by Gasteiger charge is -2.22. The molecule has 0 radical (unpaired) electrons. The van der Waals surface area contributed by atoms with Crippen molar-refractivity contribution in [2.24, 2.45) is 5.92 Å². The number of carbonyl (C=O) groups excluding carboxylic acids is 1. The summed E-state index contributed by atoms with van der Waals surface area (Å²) in [4.78, 5) is 12.6. The molecular formula is C27H34N4OS. The van der Waals surface area contributed by atoms with Crippen LogP contribution >= 0.6 is 11.8 Å². The molecule has 1 amide bonds. The summed E-state index contributed by atoms with van der Waals surface area (Å²) in [5.74, 6) is 2.39. The van der Waals surface area contributed by atoms with E-state index < -0.39 is 0 Å². The van der Waals surface area contributed by atoms with Crippen LogP contribution in [0, 0.1) is 5.92 Å². The summed E-state index contributed by atoms with van der Waals surface area (Å²) in [6.45, 7) is 5.19. The van der Waals surface area contributed by atoms with E-state index in [1.54, 1.807) is 11.8 Å². The summed E-state index contributed by atoms with van der Waals surface area (Å²) >= 11 is 1.70. The molecular weight excluding hydrogens is 428 g/mol. The smallest absolute Gasteiger partial charge is 0.251 e. The average Bonchev–Trinajstić information content (AvgIpc) is 3.19. The molecule has 0 spiro atoms. The second-order valence-electron chi connectivity index (χ2n) is 9.36. The van der Waals surface area contributed by atoms with Gasteiger partial charge in [0.05, 0.1) is 6.54 Å². The van der Waals surface area contributed by atoms with Gasteiger partial charge >= 0.3 is 0 Å². The molecule has 1 aliphatic carbocycles. The van der Waals surface area contributed by atoms with Crippen LogP contribution in [0.2, 0.25) is 0 Å². The number of hydrogen-bond acceptors (Lipinski definition) is 4. The fourth-order valence-corrected chi connectivity index (χ4v) is 5.20. The summed E-state index contributed by atoms with van der Waals surface area (Å²) in [5.41, 5.74) is 3.16. The number of rotatable bonds is 9. The lowest BCUT2D eigenvalue weighted by Crippen LogP contribution is -2.36. The molecule has 0 saturated heterocycles. The molecule has 0 atom stereocenters. The molecule has 33 heavy (non-hydrogen) atoms. The van der Waals surface area contributed by atoms with E-state index in [9.17, 15) is 4.79 Å². The SMILES string of the molecule is CC(C)Cc1nnc(SCc2ccc(C(=O)NC3CCCCC3)cc2)n1Cc1ccccc1. The van der Waals surface area contributed by atoms with E-state index in [1.807, 2.05) is 18.2 Å². The normalized spacial score (nSPS) is 14.5. The van der Waals surface area contributed by atoms with E-state index in [-0.39, 0.29) is 5.91 Å². The Hall–Kier alpha value is -2.60. The molecule has 2 aromatic carbocycles. The Bertz CT molecular complexity index is 1020. The summed E-state index contributed by atoms with van der Waals surface area (Å²) in [6, 6.07) is 18.8. The average molecular weight is 463 g/mol. The van der Waals surface area contributed by atoms with Gasteiger partial charge in [-0.15, -0.1) is 10.2 Å². The molecule has 1 aromatic heterocycles. The van der Waals surface area contributed by atoms with Gasteiger partial charge < -0.3 is 9.88 Å². The van der Waals surface area contributed by atoms with Crippen molar-refractivity contribution in [1.29, 1.82) is 0 Å². The Labute approximate surface area is 201 Å². The van der Waals surface area contributed by atoms with Gasteiger partial charge in [-0.2, -0.15) is 0 Å². The maximum absolute atomic E-state index is 12.6. The highest BCUT2D eigenvalue weighted by Gasteiger charge is 2.17. The van der Waals surface area contributed by atoms with Crippen LogP contribution in [-0.4, -0.2) is 26.7 Å². The fraction of sp³-hybridized carbons (Fsp3) is 0.444. The van der Waals surface area contributed by atoms with Gasteiger partial charge in [0, 0.05) is 23.8 Å². The van der Waals surface area contributed by atoms with E-state index in [4.69, 9.17) is 0 Å². The van der Waals surface area contributed by atoms with Crippen molar-refractivity contribution in [2.75, 3.05) is 0 Å². The molecule has 1 N–H and O–H groups in total. The van der Waals surface area contributed by atoms with Crippen LogP contribution in [0.15, 0.2) is 59.8 Å². The van der Waals surface area contributed by atoms with E-state index in [0.29, 0.717) is 12.0 Å². The molecule has 3 aromatic rings. The van der Waals surface area contributed by atoms with Crippen molar-refractivity contribution in [3.05, 3.63) is 77.1 Å². The predicted octanol–water partition coefficient (Wildman–Crippen LogP) is 5.88. The standard InChI is InChI=1S/C27H34N4OS/c1-20(2)17-25-29-30-27(31(25)18-21-9-5-3-6-10-21)33-19-22-13-15-23(16-14-22)26(32)28-24-11-7-4-8-12-24/h3,5-6,9-10,13-16,20,24H,4,7-8,11-12,17-19H2,1-2H3,(H,28,32). The number of nitrogens with one attached hydrogen (secondary N) is 1. The van der Waals surface area contributed by atoms with Crippen LogP contribution in [0.5, 0.6) is 0 Å². The van der Waals surface area contributed by atoms with E-state index in [1.165, 1.54) is 30.4 Å². The summed E-state index contributed by atoms with van der Waals surface area (Å²) in [5, 5.41) is 13.1. The highest BCUT2D eigenvalue weighted by atomic mass is 32.2. The van der Waals surface area contributed by atoms with Crippen molar-refractivity contribution in [1.82, 2.24) is 20.1 Å². The first-order valence-electron chi connectivity index (χ1n) is 12.1. The lowest BCUT2D eigenvalue weighted by atomic mass is 9.95. The Morgan fingerprint density at radius 2 is 1.73 bits per heavy atom. The zero-order chi connectivity index (χ0) is 23.0. The van der Waals surface area contributed by atoms with Crippen LogP contribution < -0.4 is 5.32 Å². The molecule has 6 heteroatoms. The first kappa shape index (κ1) is 23.6. The van der Waals surface area contributed by atoms with Crippen molar-refractivity contribution in [3.63, 3.8) is 0 Å². The van der Waals surface area contributed by atoms with Gasteiger partial charge in [0.2, 0.25) is 0 Å². The number of thioether (sulfide) groups is 1. The van der Waals surface area contributed by atoms with Crippen molar-refractivity contribution in [3.8, 4) is 0 Å². The lowest BCUT2D eigenvalue weighted by molar-refractivity contribution is 0.0927. The molecule has 1 fully saturated rings. The minimum absolute atomic E-state index is 0.0436. The van der Waals surface area contributed by atoms with Crippen LogP contribution in [-0.2, 0) is 18.7 Å². The largest absolute Gasteiger partial charge is 0.349 e. The maximum Gasteiger partial charge on any atom is 0.251 e. The second kappa shape index (κ2) is 11.5. The van der Waals surface area contributed by atoms with Gasteiger partial charge in [-0.1, -0.05) is 87.3 Å². The highest BCUT2D eigenvalue weighted by Crippen LogP contribution is 2.24. The molecule has 0 bridgehead atoms. The number of benzene rings is 2. The monoisotopic (exact) mass is 462 g/mol. The first-order chi connectivity index (χ1) is 16.1. The topological polar surface area (TPSA) is 59.8 Å². The van der Waals surface area contributed by atoms with Gasteiger partial charge in [-0.05, 0) is 42.0 Å². The zero-order valence-electron chi connectivity index (χ0n) is 19.7. The second-order valence-corrected chi connectivity index (χ2v) is 10.3. The van der Waals surface area contributed by atoms with Crippen molar-refractivity contribution in [2.45, 2.75) is 75.9 Å². The number of aromatic nitrogens is 3. The van der Waals surface area contributed by atoms with Crippen molar-refractivity contribution < 1.29 is 4.79 Å². The molecule has 0 aliphatic heterocycles. The molecule has 0 unspecified atom stereocenters. The van der Waals surface area contributed by atoms with Gasteiger partial charge in [0.15, 0.2) is 5.16 Å². The quantitative estimate of drug-likeness (QED) is 0.404. The van der Waals surface area contributed by atoms with Gasteiger partial charge in [-0.3, -0.25) is 4.79 Å². The van der Waals surface area contributed by atoms with Gasteiger partial charge in [0.25, 0.3) is 5.91 Å². The molecule has 1 saturated carbocycles. The summed E-state index contributed by atoms with van der Waals surface area (Å²) in [6.07, 6.45) is 6.83. The zero-order valence-corrected chi connectivity index (χ0v) is 20.5.